The first-order valence-electron chi connectivity index (χ1n) is 5.88. The Balaban J connectivity index is 2.21. The van der Waals surface area contributed by atoms with Crippen molar-refractivity contribution in [2.75, 3.05) is 23.7 Å². The molecule has 0 saturated carbocycles. The Kier molecular flexibility index (Phi) is 3.34. The van der Waals surface area contributed by atoms with Gasteiger partial charge < -0.3 is 10.6 Å². The van der Waals surface area contributed by atoms with Crippen LogP contribution in [0, 0.1) is 11.2 Å². The maximum atomic E-state index is 13.3. The summed E-state index contributed by atoms with van der Waals surface area (Å²) in [7, 11) is 0. The maximum absolute atomic E-state index is 13.3. The molecule has 17 heavy (non-hydrogen) atoms. The molecule has 0 radical (unpaired) electrons. The second-order valence-electron chi connectivity index (χ2n) is 5.48. The van der Waals surface area contributed by atoms with Crippen LogP contribution in [0.25, 0.3) is 0 Å². The lowest BCUT2D eigenvalue weighted by Crippen LogP contribution is -2.37. The maximum Gasteiger partial charge on any atom is 0.139 e. The van der Waals surface area contributed by atoms with Gasteiger partial charge in [-0.2, -0.15) is 0 Å². The largest absolute Gasteiger partial charge is 0.397 e. The van der Waals surface area contributed by atoms with E-state index < -0.39 is 0 Å². The molecule has 2 nitrogen and oxygen atoms in total. The third-order valence-corrected chi connectivity index (χ3v) is 4.13. The highest BCUT2D eigenvalue weighted by atomic mass is 79.9. The van der Waals surface area contributed by atoms with Crippen molar-refractivity contribution >= 4 is 27.3 Å². The van der Waals surface area contributed by atoms with Crippen LogP contribution < -0.4 is 10.6 Å². The Morgan fingerprint density at radius 1 is 1.29 bits per heavy atom. The van der Waals surface area contributed by atoms with Gasteiger partial charge in [0.25, 0.3) is 0 Å². The van der Waals surface area contributed by atoms with Crippen LogP contribution in [-0.4, -0.2) is 13.1 Å². The molecule has 1 aromatic rings. The third-order valence-electron chi connectivity index (χ3n) is 3.53. The number of halogens is 2. The summed E-state index contributed by atoms with van der Waals surface area (Å²) in [6, 6.07) is 3.17. The van der Waals surface area contributed by atoms with Crippen molar-refractivity contribution in [1.29, 1.82) is 0 Å². The Morgan fingerprint density at radius 3 is 2.47 bits per heavy atom. The molecule has 1 aliphatic heterocycles. The number of nitrogen functional groups attached to an aromatic ring is 1. The molecule has 4 heteroatoms. The van der Waals surface area contributed by atoms with Crippen LogP contribution in [0.4, 0.5) is 15.8 Å². The predicted molar refractivity (Wildman–Crippen MR) is 73.7 cm³/mol. The fourth-order valence-corrected chi connectivity index (χ4v) is 2.51. The molecule has 0 unspecified atom stereocenters. The van der Waals surface area contributed by atoms with Crippen LogP contribution in [0.5, 0.6) is 0 Å². The molecular formula is C13H18BrFN2. The molecule has 0 aromatic heterocycles. The first kappa shape index (κ1) is 12.7. The summed E-state index contributed by atoms with van der Waals surface area (Å²) >= 11 is 3.21. The van der Waals surface area contributed by atoms with E-state index in [2.05, 4.69) is 34.7 Å². The van der Waals surface area contributed by atoms with Gasteiger partial charge in [-0.1, -0.05) is 13.8 Å². The van der Waals surface area contributed by atoms with Gasteiger partial charge in [0.1, 0.15) is 5.82 Å². The summed E-state index contributed by atoms with van der Waals surface area (Å²) in [6.45, 7) is 6.53. The minimum atomic E-state index is -0.302. The highest BCUT2D eigenvalue weighted by Gasteiger charge is 2.26. The van der Waals surface area contributed by atoms with Crippen LogP contribution in [0.15, 0.2) is 16.6 Å². The second-order valence-corrected chi connectivity index (χ2v) is 6.33. The van der Waals surface area contributed by atoms with Crippen molar-refractivity contribution in [2.24, 2.45) is 5.41 Å². The Labute approximate surface area is 110 Å². The Morgan fingerprint density at radius 2 is 1.88 bits per heavy atom. The SMILES string of the molecule is CC1(C)CCN(c2cc(Br)c(F)cc2N)CC1. The minimum Gasteiger partial charge on any atom is -0.397 e. The van der Waals surface area contributed by atoms with E-state index in [9.17, 15) is 4.39 Å². The molecule has 1 heterocycles. The fourth-order valence-electron chi connectivity index (χ4n) is 2.18. The second kappa shape index (κ2) is 4.48. The fraction of sp³-hybridized carbons (Fsp3) is 0.538. The Bertz CT molecular complexity index is 422. The zero-order chi connectivity index (χ0) is 12.6. The van der Waals surface area contributed by atoms with E-state index in [0.29, 0.717) is 15.6 Å². The number of anilines is 2. The standard InChI is InChI=1S/C13H18BrFN2/c1-13(2)3-5-17(6-4-13)12-7-9(14)10(15)8-11(12)16/h7-8H,3-6,16H2,1-2H3. The molecule has 2 rings (SSSR count). The normalized spacial score (nSPS) is 19.4. The van der Waals surface area contributed by atoms with Gasteiger partial charge in [-0.15, -0.1) is 0 Å². The summed E-state index contributed by atoms with van der Waals surface area (Å²) in [4.78, 5) is 2.24. The lowest BCUT2D eigenvalue weighted by Gasteiger charge is -2.38. The number of nitrogens with zero attached hydrogens (tertiary/aromatic N) is 1. The van der Waals surface area contributed by atoms with Gasteiger partial charge in [0.2, 0.25) is 0 Å². The summed E-state index contributed by atoms with van der Waals surface area (Å²) in [5.41, 5.74) is 7.75. The average molecular weight is 301 g/mol. The van der Waals surface area contributed by atoms with E-state index in [0.717, 1.165) is 31.6 Å². The highest BCUT2D eigenvalue weighted by Crippen LogP contribution is 2.36. The van der Waals surface area contributed by atoms with Crippen molar-refractivity contribution in [1.82, 2.24) is 0 Å². The minimum absolute atomic E-state index is 0.302. The smallest absolute Gasteiger partial charge is 0.139 e. The van der Waals surface area contributed by atoms with Crippen LogP contribution in [0.1, 0.15) is 26.7 Å². The summed E-state index contributed by atoms with van der Waals surface area (Å²) < 4.78 is 13.8. The quantitative estimate of drug-likeness (QED) is 0.800. The van der Waals surface area contributed by atoms with Gasteiger partial charge in [0, 0.05) is 19.2 Å². The van der Waals surface area contributed by atoms with Gasteiger partial charge in [-0.25, -0.2) is 4.39 Å². The zero-order valence-corrected chi connectivity index (χ0v) is 11.8. The molecule has 1 fully saturated rings. The molecular weight excluding hydrogens is 283 g/mol. The molecule has 0 bridgehead atoms. The predicted octanol–water partition coefficient (Wildman–Crippen LogP) is 3.80. The van der Waals surface area contributed by atoms with E-state index >= 15 is 0 Å². The Hall–Kier alpha value is -0.770. The lowest BCUT2D eigenvalue weighted by molar-refractivity contribution is 0.280. The van der Waals surface area contributed by atoms with Gasteiger partial charge in [-0.05, 0) is 40.3 Å². The summed E-state index contributed by atoms with van der Waals surface area (Å²) in [5.74, 6) is -0.302. The number of nitrogens with two attached hydrogens (primary N) is 1. The molecule has 94 valence electrons. The van der Waals surface area contributed by atoms with Crippen LogP contribution in [0.2, 0.25) is 0 Å². The van der Waals surface area contributed by atoms with Crippen molar-refractivity contribution in [3.8, 4) is 0 Å². The van der Waals surface area contributed by atoms with Crippen molar-refractivity contribution < 1.29 is 4.39 Å². The third kappa shape index (κ3) is 2.73. The van der Waals surface area contributed by atoms with Crippen molar-refractivity contribution in [2.45, 2.75) is 26.7 Å². The van der Waals surface area contributed by atoms with E-state index in [1.165, 1.54) is 6.07 Å². The number of hydrogen-bond donors (Lipinski definition) is 1. The zero-order valence-electron chi connectivity index (χ0n) is 10.3. The van der Waals surface area contributed by atoms with Gasteiger partial charge >= 0.3 is 0 Å². The van der Waals surface area contributed by atoms with Crippen LogP contribution in [-0.2, 0) is 0 Å². The molecule has 0 aliphatic carbocycles. The first-order valence-corrected chi connectivity index (χ1v) is 6.68. The van der Waals surface area contributed by atoms with Gasteiger partial charge in [0.05, 0.1) is 15.8 Å². The molecule has 0 atom stereocenters. The van der Waals surface area contributed by atoms with Crippen molar-refractivity contribution in [3.63, 3.8) is 0 Å². The summed E-state index contributed by atoms with van der Waals surface area (Å²) in [6.07, 6.45) is 2.28. The number of piperidine rings is 1. The van der Waals surface area contributed by atoms with Crippen LogP contribution >= 0.6 is 15.9 Å². The average Bonchev–Trinajstić information content (AvgIpc) is 2.24. The molecule has 1 saturated heterocycles. The monoisotopic (exact) mass is 300 g/mol. The number of benzene rings is 1. The van der Waals surface area contributed by atoms with Crippen molar-refractivity contribution in [3.05, 3.63) is 22.4 Å². The molecule has 0 spiro atoms. The summed E-state index contributed by atoms with van der Waals surface area (Å²) in [5, 5.41) is 0. The molecule has 0 amide bonds. The van der Waals surface area contributed by atoms with E-state index in [-0.39, 0.29) is 5.82 Å². The van der Waals surface area contributed by atoms with E-state index in [1.807, 2.05) is 0 Å². The first-order chi connectivity index (χ1) is 7.89. The lowest BCUT2D eigenvalue weighted by atomic mass is 9.82. The topological polar surface area (TPSA) is 29.3 Å². The van der Waals surface area contributed by atoms with E-state index in [1.54, 1.807) is 6.07 Å². The highest BCUT2D eigenvalue weighted by molar-refractivity contribution is 9.10. The molecule has 1 aliphatic rings. The number of hydrogen-bond acceptors (Lipinski definition) is 2. The number of rotatable bonds is 1. The van der Waals surface area contributed by atoms with Crippen LogP contribution in [0.3, 0.4) is 0 Å². The molecule has 2 N–H and O–H groups in total. The van der Waals surface area contributed by atoms with E-state index in [4.69, 9.17) is 5.73 Å². The van der Waals surface area contributed by atoms with Gasteiger partial charge in [0.15, 0.2) is 0 Å². The molecule has 1 aromatic carbocycles. The van der Waals surface area contributed by atoms with Gasteiger partial charge in [-0.3, -0.25) is 0 Å².